The smallest absolute Gasteiger partial charge is 0.322 e. The Morgan fingerprint density at radius 2 is 1.73 bits per heavy atom. The van der Waals surface area contributed by atoms with Gasteiger partial charge < -0.3 is 5.32 Å². The molecule has 0 spiro atoms. The van der Waals surface area contributed by atoms with Crippen LogP contribution in [-0.2, 0) is 6.18 Å². The highest BCUT2D eigenvalue weighted by Crippen LogP contribution is 2.32. The van der Waals surface area contributed by atoms with Crippen LogP contribution in [0.1, 0.15) is 15.9 Å². The van der Waals surface area contributed by atoms with Gasteiger partial charge in [0.25, 0.3) is 5.91 Å². The summed E-state index contributed by atoms with van der Waals surface area (Å²) in [7, 11) is 0. The van der Waals surface area contributed by atoms with Crippen molar-refractivity contribution in [2.75, 3.05) is 5.32 Å². The zero-order valence-corrected chi connectivity index (χ0v) is 11.4. The van der Waals surface area contributed by atoms with Gasteiger partial charge in [0.2, 0.25) is 0 Å². The minimum absolute atomic E-state index is 0.0196. The van der Waals surface area contributed by atoms with Gasteiger partial charge in [0.05, 0.1) is 16.1 Å². The maximum absolute atomic E-state index is 13.1. The van der Waals surface area contributed by atoms with Crippen molar-refractivity contribution in [1.82, 2.24) is 0 Å². The van der Waals surface area contributed by atoms with Gasteiger partial charge in [-0.25, -0.2) is 8.78 Å². The Labute approximate surface area is 126 Å². The second-order valence-corrected chi connectivity index (χ2v) is 4.68. The predicted molar refractivity (Wildman–Crippen MR) is 70.8 cm³/mol. The molecule has 0 radical (unpaired) electrons. The Morgan fingerprint density at radius 3 is 2.32 bits per heavy atom. The second-order valence-electron chi connectivity index (χ2n) is 4.27. The highest BCUT2D eigenvalue weighted by atomic mass is 35.5. The minimum Gasteiger partial charge on any atom is -0.322 e. The lowest BCUT2D eigenvalue weighted by atomic mass is 10.1. The molecule has 0 fully saturated rings. The van der Waals surface area contributed by atoms with E-state index in [1.165, 1.54) is 0 Å². The molecule has 0 bridgehead atoms. The molecule has 0 heterocycles. The molecule has 0 atom stereocenters. The highest BCUT2D eigenvalue weighted by molar-refractivity contribution is 6.31. The standard InChI is InChI=1S/C14H7ClF5NO/c15-11-6-8(2-4-12(11)17)21-13(22)9-5-7(16)1-3-10(9)14(18,19)20/h1-6H,(H,21,22). The van der Waals surface area contributed by atoms with Crippen LogP contribution in [0.5, 0.6) is 0 Å². The van der Waals surface area contributed by atoms with Crippen molar-refractivity contribution in [1.29, 1.82) is 0 Å². The van der Waals surface area contributed by atoms with Gasteiger partial charge in [-0.3, -0.25) is 4.79 Å². The van der Waals surface area contributed by atoms with Crippen LogP contribution in [0.2, 0.25) is 5.02 Å². The lowest BCUT2D eigenvalue weighted by Gasteiger charge is -2.13. The minimum atomic E-state index is -4.82. The normalized spacial score (nSPS) is 11.4. The summed E-state index contributed by atoms with van der Waals surface area (Å²) >= 11 is 5.51. The van der Waals surface area contributed by atoms with E-state index in [0.29, 0.717) is 18.2 Å². The fourth-order valence-electron chi connectivity index (χ4n) is 1.72. The fraction of sp³-hybridized carbons (Fsp3) is 0.0714. The average Bonchev–Trinajstić information content (AvgIpc) is 2.41. The summed E-state index contributed by atoms with van der Waals surface area (Å²) in [6.07, 6.45) is -4.82. The predicted octanol–water partition coefficient (Wildman–Crippen LogP) is 4.89. The second kappa shape index (κ2) is 5.92. The molecule has 1 N–H and O–H groups in total. The number of benzene rings is 2. The van der Waals surface area contributed by atoms with E-state index in [-0.39, 0.29) is 10.7 Å². The molecular formula is C14H7ClF5NO. The summed E-state index contributed by atoms with van der Waals surface area (Å²) in [5.74, 6) is -2.92. The van der Waals surface area contributed by atoms with Crippen molar-refractivity contribution >= 4 is 23.2 Å². The van der Waals surface area contributed by atoms with Crippen molar-refractivity contribution in [3.8, 4) is 0 Å². The molecule has 2 nitrogen and oxygen atoms in total. The molecule has 0 aliphatic heterocycles. The Balaban J connectivity index is 2.37. The van der Waals surface area contributed by atoms with Gasteiger partial charge in [0.15, 0.2) is 0 Å². The summed E-state index contributed by atoms with van der Waals surface area (Å²) in [6.45, 7) is 0. The van der Waals surface area contributed by atoms with Crippen LogP contribution in [0, 0.1) is 11.6 Å². The summed E-state index contributed by atoms with van der Waals surface area (Å²) in [5.41, 5.74) is -2.18. The van der Waals surface area contributed by atoms with Gasteiger partial charge in [0, 0.05) is 5.69 Å². The Kier molecular flexibility index (Phi) is 4.37. The Bertz CT molecular complexity index is 730. The van der Waals surface area contributed by atoms with Crippen LogP contribution >= 0.6 is 11.6 Å². The topological polar surface area (TPSA) is 29.1 Å². The highest BCUT2D eigenvalue weighted by Gasteiger charge is 2.35. The Morgan fingerprint density at radius 1 is 1.05 bits per heavy atom. The molecule has 116 valence electrons. The van der Waals surface area contributed by atoms with Crippen molar-refractivity contribution in [2.24, 2.45) is 0 Å². The van der Waals surface area contributed by atoms with Gasteiger partial charge in [-0.05, 0) is 36.4 Å². The lowest BCUT2D eigenvalue weighted by molar-refractivity contribution is -0.137. The first-order valence-electron chi connectivity index (χ1n) is 5.81. The summed E-state index contributed by atoms with van der Waals surface area (Å²) in [6, 6.07) is 4.64. The summed E-state index contributed by atoms with van der Waals surface area (Å²) in [5, 5.41) is 1.80. The van der Waals surface area contributed by atoms with Gasteiger partial charge in [-0.15, -0.1) is 0 Å². The SMILES string of the molecule is O=C(Nc1ccc(F)c(Cl)c1)c1cc(F)ccc1C(F)(F)F. The first kappa shape index (κ1) is 16.2. The number of hydrogen-bond donors (Lipinski definition) is 1. The fourth-order valence-corrected chi connectivity index (χ4v) is 1.90. The molecule has 2 aromatic carbocycles. The van der Waals surface area contributed by atoms with Crippen molar-refractivity contribution in [3.63, 3.8) is 0 Å². The number of amides is 1. The molecular weight excluding hydrogens is 329 g/mol. The number of carbonyl (C=O) groups excluding carboxylic acids is 1. The van der Waals surface area contributed by atoms with E-state index in [1.807, 2.05) is 0 Å². The van der Waals surface area contributed by atoms with Gasteiger partial charge in [0.1, 0.15) is 11.6 Å². The first-order valence-corrected chi connectivity index (χ1v) is 6.19. The molecule has 0 unspecified atom stereocenters. The van der Waals surface area contributed by atoms with E-state index in [2.05, 4.69) is 5.32 Å². The van der Waals surface area contributed by atoms with E-state index < -0.39 is 34.8 Å². The van der Waals surface area contributed by atoms with E-state index >= 15 is 0 Å². The third-order valence-electron chi connectivity index (χ3n) is 2.71. The molecule has 0 aromatic heterocycles. The largest absolute Gasteiger partial charge is 0.417 e. The van der Waals surface area contributed by atoms with Crippen LogP contribution < -0.4 is 5.32 Å². The van der Waals surface area contributed by atoms with Crippen molar-refractivity contribution in [3.05, 3.63) is 64.2 Å². The summed E-state index contributed by atoms with van der Waals surface area (Å²) < 4.78 is 64.6. The zero-order valence-electron chi connectivity index (χ0n) is 10.6. The molecule has 0 aliphatic carbocycles. The number of carbonyl (C=O) groups is 1. The van der Waals surface area contributed by atoms with Gasteiger partial charge in [-0.1, -0.05) is 11.6 Å². The third-order valence-corrected chi connectivity index (χ3v) is 3.00. The van der Waals surface area contributed by atoms with Crippen LogP contribution in [0.3, 0.4) is 0 Å². The molecule has 0 saturated carbocycles. The molecule has 2 rings (SSSR count). The van der Waals surface area contributed by atoms with E-state index in [9.17, 15) is 26.7 Å². The van der Waals surface area contributed by atoms with Crippen LogP contribution in [-0.4, -0.2) is 5.91 Å². The summed E-state index contributed by atoms with van der Waals surface area (Å²) in [4.78, 5) is 11.9. The maximum atomic E-state index is 13.1. The quantitative estimate of drug-likeness (QED) is 0.778. The molecule has 0 aliphatic rings. The van der Waals surface area contributed by atoms with E-state index in [4.69, 9.17) is 11.6 Å². The number of hydrogen-bond acceptors (Lipinski definition) is 1. The molecule has 22 heavy (non-hydrogen) atoms. The number of nitrogens with one attached hydrogen (secondary N) is 1. The van der Waals surface area contributed by atoms with Gasteiger partial charge >= 0.3 is 6.18 Å². The number of alkyl halides is 3. The number of halogens is 6. The van der Waals surface area contributed by atoms with Crippen LogP contribution in [0.15, 0.2) is 36.4 Å². The maximum Gasteiger partial charge on any atom is 0.417 e. The molecule has 8 heteroatoms. The van der Waals surface area contributed by atoms with Crippen LogP contribution in [0.25, 0.3) is 0 Å². The first-order chi connectivity index (χ1) is 10.2. The van der Waals surface area contributed by atoms with Gasteiger partial charge in [-0.2, -0.15) is 13.2 Å². The Hall–Kier alpha value is -2.15. The van der Waals surface area contributed by atoms with E-state index in [0.717, 1.165) is 18.2 Å². The van der Waals surface area contributed by atoms with Crippen molar-refractivity contribution < 1.29 is 26.7 Å². The molecule has 1 amide bonds. The average molecular weight is 336 g/mol. The third kappa shape index (κ3) is 3.54. The monoisotopic (exact) mass is 335 g/mol. The molecule has 2 aromatic rings. The van der Waals surface area contributed by atoms with Crippen LogP contribution in [0.4, 0.5) is 27.6 Å². The molecule has 0 saturated heterocycles. The zero-order chi connectivity index (χ0) is 16.5. The van der Waals surface area contributed by atoms with E-state index in [1.54, 1.807) is 0 Å². The van der Waals surface area contributed by atoms with Crippen molar-refractivity contribution in [2.45, 2.75) is 6.18 Å². The number of rotatable bonds is 2. The lowest BCUT2D eigenvalue weighted by Crippen LogP contribution is -2.19. The number of anilines is 1.